The van der Waals surface area contributed by atoms with Crippen LogP contribution < -0.4 is 10.2 Å². The quantitative estimate of drug-likeness (QED) is 0.175. The highest BCUT2D eigenvalue weighted by atomic mass is 35.5. The first-order valence-corrected chi connectivity index (χ1v) is 13.9. The van der Waals surface area contributed by atoms with E-state index >= 15 is 0 Å². The van der Waals surface area contributed by atoms with Crippen LogP contribution in [0, 0.1) is 0 Å². The van der Waals surface area contributed by atoms with Crippen molar-refractivity contribution in [1.29, 1.82) is 0 Å². The molecule has 4 aromatic rings. The van der Waals surface area contributed by atoms with Crippen LogP contribution in [0.25, 0.3) is 11.3 Å². The van der Waals surface area contributed by atoms with Crippen LogP contribution in [-0.4, -0.2) is 33.8 Å². The van der Waals surface area contributed by atoms with E-state index in [2.05, 4.69) is 5.32 Å². The van der Waals surface area contributed by atoms with E-state index in [1.807, 2.05) is 34.5 Å². The SMILES string of the molecule is CC(F)(F)Sc1ccc(N(Cc2ccc(C(=O)NCCC(=O)O)cc2)c2nc(-c3ccc(Cl)cc3)cs2)cc1. The number of carbonyl (C=O) groups excluding carboxylic acids is 1. The molecule has 0 aliphatic heterocycles. The van der Waals surface area contributed by atoms with Gasteiger partial charge in [0.25, 0.3) is 11.2 Å². The molecule has 0 bridgehead atoms. The van der Waals surface area contributed by atoms with Gasteiger partial charge in [0.05, 0.1) is 18.7 Å². The fraction of sp³-hybridized carbons (Fsp3) is 0.179. The third-order valence-corrected chi connectivity index (χ3v) is 7.47. The molecule has 2 N–H and O–H groups in total. The molecule has 0 aliphatic carbocycles. The molecule has 0 radical (unpaired) electrons. The zero-order valence-electron chi connectivity index (χ0n) is 20.7. The number of anilines is 2. The predicted octanol–water partition coefficient (Wildman–Crippen LogP) is 7.71. The summed E-state index contributed by atoms with van der Waals surface area (Å²) in [5.74, 6) is -1.34. The summed E-state index contributed by atoms with van der Waals surface area (Å²) >= 11 is 7.96. The molecule has 3 aromatic carbocycles. The number of aromatic nitrogens is 1. The van der Waals surface area contributed by atoms with Crippen LogP contribution in [0.5, 0.6) is 0 Å². The molecule has 11 heteroatoms. The number of thioether (sulfide) groups is 1. The molecule has 202 valence electrons. The first kappa shape index (κ1) is 28.5. The minimum Gasteiger partial charge on any atom is -0.481 e. The van der Waals surface area contributed by atoms with Crippen LogP contribution in [-0.2, 0) is 11.3 Å². The van der Waals surface area contributed by atoms with Crippen molar-refractivity contribution in [2.45, 2.75) is 30.0 Å². The summed E-state index contributed by atoms with van der Waals surface area (Å²) in [6.45, 7) is 1.31. The Morgan fingerprint density at radius 1 is 1.05 bits per heavy atom. The Labute approximate surface area is 237 Å². The average Bonchev–Trinajstić information content (AvgIpc) is 3.37. The summed E-state index contributed by atoms with van der Waals surface area (Å²) in [4.78, 5) is 30.2. The molecule has 1 heterocycles. The summed E-state index contributed by atoms with van der Waals surface area (Å²) < 4.78 is 27.0. The average molecular weight is 588 g/mol. The summed E-state index contributed by atoms with van der Waals surface area (Å²) in [6, 6.07) is 21.2. The van der Waals surface area contributed by atoms with E-state index in [1.165, 1.54) is 11.3 Å². The lowest BCUT2D eigenvalue weighted by atomic mass is 10.1. The lowest BCUT2D eigenvalue weighted by Crippen LogP contribution is -2.26. The van der Waals surface area contributed by atoms with Gasteiger partial charge >= 0.3 is 5.97 Å². The van der Waals surface area contributed by atoms with Gasteiger partial charge in [0.1, 0.15) is 0 Å². The number of hydrogen-bond donors (Lipinski definition) is 2. The number of nitrogens with zero attached hydrogens (tertiary/aromatic N) is 2. The molecule has 0 fully saturated rings. The second-order valence-electron chi connectivity index (χ2n) is 8.61. The summed E-state index contributed by atoms with van der Waals surface area (Å²) in [6.07, 6.45) is -0.155. The normalized spacial score (nSPS) is 11.3. The largest absolute Gasteiger partial charge is 0.481 e. The molecule has 39 heavy (non-hydrogen) atoms. The molecule has 1 amide bonds. The number of amides is 1. The first-order chi connectivity index (χ1) is 18.6. The van der Waals surface area contributed by atoms with E-state index in [9.17, 15) is 18.4 Å². The summed E-state index contributed by atoms with van der Waals surface area (Å²) in [5, 5.41) is 11.7. The number of nitrogens with one attached hydrogen (secondary N) is 1. The number of thiazole rings is 1. The second kappa shape index (κ2) is 12.6. The number of carboxylic acid groups (broad SMARTS) is 1. The third kappa shape index (κ3) is 8.26. The van der Waals surface area contributed by atoms with Gasteiger partial charge in [-0.2, -0.15) is 8.78 Å². The van der Waals surface area contributed by atoms with E-state index in [0.717, 1.165) is 29.4 Å². The van der Waals surface area contributed by atoms with Crippen LogP contribution in [0.15, 0.2) is 83.1 Å². The molecule has 0 saturated carbocycles. The number of rotatable bonds is 11. The van der Waals surface area contributed by atoms with Gasteiger partial charge in [0.15, 0.2) is 5.13 Å². The van der Waals surface area contributed by atoms with Gasteiger partial charge < -0.3 is 15.3 Å². The lowest BCUT2D eigenvalue weighted by molar-refractivity contribution is -0.136. The molecular weight excluding hydrogens is 564 g/mol. The number of carbonyl (C=O) groups is 2. The maximum atomic E-state index is 13.5. The lowest BCUT2D eigenvalue weighted by Gasteiger charge is -2.23. The highest BCUT2D eigenvalue weighted by Crippen LogP contribution is 2.38. The zero-order valence-corrected chi connectivity index (χ0v) is 23.1. The fourth-order valence-electron chi connectivity index (χ4n) is 3.64. The predicted molar refractivity (Wildman–Crippen MR) is 152 cm³/mol. The fourth-order valence-corrected chi connectivity index (χ4v) is 5.31. The van der Waals surface area contributed by atoms with Crippen LogP contribution in [0.1, 0.15) is 29.3 Å². The standard InChI is InChI=1S/C28H24ClF2N3O3S2/c1-28(30,31)39-23-12-10-22(11-13-23)34(27-33-24(17-38-27)19-6-8-21(29)9-7-19)16-18-2-4-20(5-3-18)26(37)32-15-14-25(35)36/h2-13,17H,14-16H2,1H3,(H,32,37)(H,35,36). The molecule has 0 spiro atoms. The highest BCUT2D eigenvalue weighted by Gasteiger charge is 2.23. The van der Waals surface area contributed by atoms with E-state index in [4.69, 9.17) is 21.7 Å². The van der Waals surface area contributed by atoms with Crippen LogP contribution in [0.4, 0.5) is 19.6 Å². The topological polar surface area (TPSA) is 82.5 Å². The van der Waals surface area contributed by atoms with Gasteiger partial charge in [-0.15, -0.1) is 11.3 Å². The van der Waals surface area contributed by atoms with Gasteiger partial charge in [-0.3, -0.25) is 9.59 Å². The van der Waals surface area contributed by atoms with Crippen molar-refractivity contribution < 1.29 is 23.5 Å². The Bertz CT molecular complexity index is 1420. The molecule has 0 saturated heterocycles. The number of carboxylic acids is 1. The third-order valence-electron chi connectivity index (χ3n) is 5.49. The first-order valence-electron chi connectivity index (χ1n) is 11.8. The minimum absolute atomic E-state index is 0.0436. The van der Waals surface area contributed by atoms with Crippen molar-refractivity contribution >= 4 is 57.4 Å². The van der Waals surface area contributed by atoms with Gasteiger partial charge in [-0.05, 0) is 54.1 Å². The Morgan fingerprint density at radius 2 is 1.72 bits per heavy atom. The number of hydrogen-bond acceptors (Lipinski definition) is 6. The number of halogens is 3. The molecule has 4 rings (SSSR count). The minimum atomic E-state index is -2.88. The van der Waals surface area contributed by atoms with E-state index in [0.29, 0.717) is 38.9 Å². The molecule has 6 nitrogen and oxygen atoms in total. The van der Waals surface area contributed by atoms with Crippen molar-refractivity contribution in [3.63, 3.8) is 0 Å². The molecule has 0 atom stereocenters. The summed E-state index contributed by atoms with van der Waals surface area (Å²) in [7, 11) is 0. The van der Waals surface area contributed by atoms with Gasteiger partial charge in [0.2, 0.25) is 0 Å². The number of aliphatic carboxylic acids is 1. The van der Waals surface area contributed by atoms with E-state index in [1.54, 1.807) is 48.5 Å². The van der Waals surface area contributed by atoms with Crippen molar-refractivity contribution in [1.82, 2.24) is 10.3 Å². The molecule has 0 unspecified atom stereocenters. The van der Waals surface area contributed by atoms with Crippen molar-refractivity contribution in [3.05, 3.63) is 94.3 Å². The van der Waals surface area contributed by atoms with Gasteiger partial charge in [0, 0.05) is 45.6 Å². The van der Waals surface area contributed by atoms with Gasteiger partial charge in [-0.25, -0.2) is 4.98 Å². The number of alkyl halides is 2. The zero-order chi connectivity index (χ0) is 28.0. The molecule has 1 aromatic heterocycles. The number of benzene rings is 3. The maximum absolute atomic E-state index is 13.5. The Morgan fingerprint density at radius 3 is 2.33 bits per heavy atom. The smallest absolute Gasteiger partial charge is 0.305 e. The molecular formula is C28H24ClF2N3O3S2. The van der Waals surface area contributed by atoms with Crippen molar-refractivity contribution in [2.24, 2.45) is 0 Å². The molecule has 0 aliphatic rings. The van der Waals surface area contributed by atoms with E-state index in [-0.39, 0.29) is 18.9 Å². The monoisotopic (exact) mass is 587 g/mol. The Balaban J connectivity index is 1.58. The van der Waals surface area contributed by atoms with Crippen molar-refractivity contribution in [3.8, 4) is 11.3 Å². The van der Waals surface area contributed by atoms with Crippen LogP contribution >= 0.6 is 34.7 Å². The van der Waals surface area contributed by atoms with E-state index < -0.39 is 11.2 Å². The van der Waals surface area contributed by atoms with Crippen molar-refractivity contribution in [2.75, 3.05) is 11.4 Å². The van der Waals surface area contributed by atoms with Crippen LogP contribution in [0.3, 0.4) is 0 Å². The Kier molecular flexibility index (Phi) is 9.21. The second-order valence-corrected chi connectivity index (χ2v) is 11.3. The maximum Gasteiger partial charge on any atom is 0.305 e. The Hall–Kier alpha value is -3.47. The van der Waals surface area contributed by atoms with Gasteiger partial charge in [-0.1, -0.05) is 47.6 Å². The highest BCUT2D eigenvalue weighted by molar-refractivity contribution is 8.00. The van der Waals surface area contributed by atoms with Crippen LogP contribution in [0.2, 0.25) is 5.02 Å². The summed E-state index contributed by atoms with van der Waals surface area (Å²) in [5.41, 5.74) is 3.77.